The van der Waals surface area contributed by atoms with Crippen molar-refractivity contribution >= 4 is 0 Å². The molecule has 31 heavy (non-hydrogen) atoms. The Hall–Kier alpha value is -2.03. The highest BCUT2D eigenvalue weighted by molar-refractivity contribution is 5.75. The predicted octanol–water partition coefficient (Wildman–Crippen LogP) is 8.29. The minimum Gasteiger partial charge on any atom is -0.494 e. The molecule has 1 aliphatic carbocycles. The standard InChI is InChI=1S/C28H39FO2/c1-3-5-7-9-10-12-19-30-23-14-16-24-22(21-23)13-15-26-25(24)17-18-27(28(26)29)31-20-11-8-6-4-2/h14,16-18,21H,3-13,15,19-20H2,1-2H3. The van der Waals surface area contributed by atoms with E-state index in [9.17, 15) is 0 Å². The largest absolute Gasteiger partial charge is 0.494 e. The summed E-state index contributed by atoms with van der Waals surface area (Å²) >= 11 is 0. The molecule has 3 rings (SSSR count). The molecule has 3 heteroatoms. The Balaban J connectivity index is 1.57. The fourth-order valence-electron chi connectivity index (χ4n) is 4.38. The van der Waals surface area contributed by atoms with Gasteiger partial charge in [-0.1, -0.05) is 77.3 Å². The van der Waals surface area contributed by atoms with Crippen LogP contribution in [0.2, 0.25) is 0 Å². The number of fused-ring (bicyclic) bond motifs is 3. The Morgan fingerprint density at radius 2 is 1.35 bits per heavy atom. The number of hydrogen-bond acceptors (Lipinski definition) is 2. The van der Waals surface area contributed by atoms with Crippen molar-refractivity contribution in [3.8, 4) is 22.6 Å². The molecule has 0 spiro atoms. The second-order valence-corrected chi connectivity index (χ2v) is 8.75. The van der Waals surface area contributed by atoms with Crippen molar-refractivity contribution in [1.82, 2.24) is 0 Å². The number of ether oxygens (including phenoxy) is 2. The lowest BCUT2D eigenvalue weighted by Crippen LogP contribution is -2.09. The van der Waals surface area contributed by atoms with Crippen molar-refractivity contribution < 1.29 is 13.9 Å². The predicted molar refractivity (Wildman–Crippen MR) is 128 cm³/mol. The van der Waals surface area contributed by atoms with Gasteiger partial charge in [-0.15, -0.1) is 0 Å². The minimum absolute atomic E-state index is 0.179. The Morgan fingerprint density at radius 1 is 0.710 bits per heavy atom. The van der Waals surface area contributed by atoms with E-state index in [2.05, 4.69) is 26.0 Å². The lowest BCUT2D eigenvalue weighted by atomic mass is 9.85. The summed E-state index contributed by atoms with van der Waals surface area (Å²) < 4.78 is 26.8. The number of halogens is 1. The second kappa shape index (κ2) is 12.7. The van der Waals surface area contributed by atoms with Crippen LogP contribution in [-0.2, 0) is 12.8 Å². The van der Waals surface area contributed by atoms with Crippen LogP contribution >= 0.6 is 0 Å². The zero-order valence-corrected chi connectivity index (χ0v) is 19.5. The second-order valence-electron chi connectivity index (χ2n) is 8.75. The molecule has 0 radical (unpaired) electrons. The first-order valence-corrected chi connectivity index (χ1v) is 12.4. The van der Waals surface area contributed by atoms with E-state index in [1.807, 2.05) is 12.1 Å². The quantitative estimate of drug-likeness (QED) is 0.283. The summed E-state index contributed by atoms with van der Waals surface area (Å²) in [7, 11) is 0. The summed E-state index contributed by atoms with van der Waals surface area (Å²) in [6.07, 6.45) is 13.7. The average molecular weight is 427 g/mol. The molecule has 0 fully saturated rings. The molecule has 2 nitrogen and oxygen atoms in total. The molecule has 0 heterocycles. The maximum atomic E-state index is 15.1. The van der Waals surface area contributed by atoms with Crippen LogP contribution in [0.25, 0.3) is 11.1 Å². The molecule has 0 unspecified atom stereocenters. The molecular formula is C28H39FO2. The highest BCUT2D eigenvalue weighted by atomic mass is 19.1. The molecule has 0 bridgehead atoms. The molecule has 0 atom stereocenters. The normalized spacial score (nSPS) is 12.4. The van der Waals surface area contributed by atoms with Crippen molar-refractivity contribution in [2.45, 2.75) is 90.9 Å². The monoisotopic (exact) mass is 426 g/mol. The summed E-state index contributed by atoms with van der Waals surface area (Å²) in [5.74, 6) is 1.16. The first kappa shape index (κ1) is 23.6. The third-order valence-electron chi connectivity index (χ3n) is 6.24. The van der Waals surface area contributed by atoms with Crippen LogP contribution in [0.1, 0.15) is 89.2 Å². The summed E-state index contributed by atoms with van der Waals surface area (Å²) in [5.41, 5.74) is 4.17. The molecule has 0 N–H and O–H groups in total. The topological polar surface area (TPSA) is 18.5 Å². The Morgan fingerprint density at radius 3 is 2.13 bits per heavy atom. The van der Waals surface area contributed by atoms with Crippen LogP contribution < -0.4 is 9.47 Å². The van der Waals surface area contributed by atoms with E-state index >= 15 is 4.39 Å². The van der Waals surface area contributed by atoms with E-state index in [0.29, 0.717) is 18.8 Å². The molecule has 170 valence electrons. The Labute approximate surface area is 188 Å². The van der Waals surface area contributed by atoms with Crippen LogP contribution in [-0.4, -0.2) is 13.2 Å². The minimum atomic E-state index is -0.179. The SMILES string of the molecule is CCCCCCCCOc1ccc2c(c1)CCc1c-2ccc(OCCCCCC)c1F. The number of aryl methyl sites for hydroxylation is 1. The molecule has 0 aliphatic heterocycles. The van der Waals surface area contributed by atoms with Crippen LogP contribution in [0.5, 0.6) is 11.5 Å². The molecule has 0 amide bonds. The van der Waals surface area contributed by atoms with Crippen molar-refractivity contribution in [3.63, 3.8) is 0 Å². The van der Waals surface area contributed by atoms with Crippen molar-refractivity contribution in [2.75, 3.05) is 13.2 Å². The van der Waals surface area contributed by atoms with E-state index in [1.165, 1.54) is 50.5 Å². The fourth-order valence-corrected chi connectivity index (χ4v) is 4.38. The smallest absolute Gasteiger partial charge is 0.168 e. The van der Waals surface area contributed by atoms with Gasteiger partial charge in [0.15, 0.2) is 11.6 Å². The number of benzene rings is 2. The Bertz CT molecular complexity index is 815. The Kier molecular flexibility index (Phi) is 9.71. The van der Waals surface area contributed by atoms with E-state index in [-0.39, 0.29) is 5.82 Å². The summed E-state index contributed by atoms with van der Waals surface area (Å²) in [6, 6.07) is 10.1. The van der Waals surface area contributed by atoms with Crippen molar-refractivity contribution in [2.24, 2.45) is 0 Å². The first-order valence-electron chi connectivity index (χ1n) is 12.4. The van der Waals surface area contributed by atoms with E-state index in [0.717, 1.165) is 54.7 Å². The van der Waals surface area contributed by atoms with Gasteiger partial charge in [0, 0.05) is 0 Å². The molecular weight excluding hydrogens is 387 g/mol. The van der Waals surface area contributed by atoms with Crippen LogP contribution in [0.15, 0.2) is 30.3 Å². The zero-order chi connectivity index (χ0) is 21.9. The van der Waals surface area contributed by atoms with Gasteiger partial charge in [-0.05, 0) is 66.1 Å². The van der Waals surface area contributed by atoms with Crippen LogP contribution in [0, 0.1) is 5.82 Å². The van der Waals surface area contributed by atoms with E-state index < -0.39 is 0 Å². The van der Waals surface area contributed by atoms with Gasteiger partial charge in [0.1, 0.15) is 5.75 Å². The van der Waals surface area contributed by atoms with Crippen molar-refractivity contribution in [1.29, 1.82) is 0 Å². The van der Waals surface area contributed by atoms with E-state index in [1.54, 1.807) is 6.07 Å². The van der Waals surface area contributed by atoms with Gasteiger partial charge in [0.05, 0.1) is 13.2 Å². The lowest BCUT2D eigenvalue weighted by molar-refractivity contribution is 0.289. The molecule has 2 aromatic rings. The average Bonchev–Trinajstić information content (AvgIpc) is 2.79. The highest BCUT2D eigenvalue weighted by Crippen LogP contribution is 2.39. The maximum absolute atomic E-state index is 15.1. The molecule has 0 saturated heterocycles. The van der Waals surface area contributed by atoms with Gasteiger partial charge in [-0.25, -0.2) is 4.39 Å². The van der Waals surface area contributed by atoms with Gasteiger partial charge in [-0.3, -0.25) is 0 Å². The van der Waals surface area contributed by atoms with E-state index in [4.69, 9.17) is 9.47 Å². The van der Waals surface area contributed by atoms with Crippen LogP contribution in [0.4, 0.5) is 4.39 Å². The summed E-state index contributed by atoms with van der Waals surface area (Å²) in [4.78, 5) is 0. The lowest BCUT2D eigenvalue weighted by Gasteiger charge is -2.22. The van der Waals surface area contributed by atoms with Crippen molar-refractivity contribution in [3.05, 3.63) is 47.3 Å². The van der Waals surface area contributed by atoms with Gasteiger partial charge >= 0.3 is 0 Å². The first-order chi connectivity index (χ1) is 15.2. The van der Waals surface area contributed by atoms with Gasteiger partial charge in [-0.2, -0.15) is 0 Å². The van der Waals surface area contributed by atoms with Gasteiger partial charge in [0.25, 0.3) is 0 Å². The maximum Gasteiger partial charge on any atom is 0.168 e. The molecule has 2 aromatic carbocycles. The zero-order valence-electron chi connectivity index (χ0n) is 19.5. The molecule has 1 aliphatic rings. The third kappa shape index (κ3) is 6.72. The van der Waals surface area contributed by atoms with Gasteiger partial charge in [0.2, 0.25) is 0 Å². The number of rotatable bonds is 14. The fraction of sp³-hybridized carbons (Fsp3) is 0.571. The van der Waals surface area contributed by atoms with Crippen LogP contribution in [0.3, 0.4) is 0 Å². The van der Waals surface area contributed by atoms with Gasteiger partial charge < -0.3 is 9.47 Å². The summed E-state index contributed by atoms with van der Waals surface area (Å²) in [5, 5.41) is 0. The number of hydrogen-bond donors (Lipinski definition) is 0. The number of unbranched alkanes of at least 4 members (excludes halogenated alkanes) is 8. The molecule has 0 saturated carbocycles. The highest BCUT2D eigenvalue weighted by Gasteiger charge is 2.22. The third-order valence-corrected chi connectivity index (χ3v) is 6.24. The molecule has 0 aromatic heterocycles. The summed E-state index contributed by atoms with van der Waals surface area (Å²) in [6.45, 7) is 5.79.